The molecular formula is C18H13F2N5OS. The van der Waals surface area contributed by atoms with Gasteiger partial charge in [-0.3, -0.25) is 0 Å². The summed E-state index contributed by atoms with van der Waals surface area (Å²) in [6.07, 6.45) is 0. The van der Waals surface area contributed by atoms with Gasteiger partial charge in [0.2, 0.25) is 0 Å². The molecule has 0 spiro atoms. The van der Waals surface area contributed by atoms with Gasteiger partial charge in [-0.25, -0.2) is 13.8 Å². The molecule has 9 heteroatoms. The summed E-state index contributed by atoms with van der Waals surface area (Å²) >= 11 is 1.33. The number of para-hydroxylation sites is 1. The van der Waals surface area contributed by atoms with Gasteiger partial charge in [0.15, 0.2) is 17.3 Å². The second kappa shape index (κ2) is 6.76. The van der Waals surface area contributed by atoms with E-state index in [-0.39, 0.29) is 11.5 Å². The minimum Gasteiger partial charge on any atom is -0.496 e. The molecule has 0 fully saturated rings. The molecule has 2 aromatic carbocycles. The molecule has 0 radical (unpaired) electrons. The molecule has 0 amide bonds. The Morgan fingerprint density at radius 1 is 1.15 bits per heavy atom. The average molecular weight is 385 g/mol. The second-order valence-corrected chi connectivity index (χ2v) is 6.43. The van der Waals surface area contributed by atoms with E-state index in [9.17, 15) is 8.78 Å². The van der Waals surface area contributed by atoms with E-state index in [4.69, 9.17) is 10.5 Å². The third-order valence-electron chi connectivity index (χ3n) is 3.93. The summed E-state index contributed by atoms with van der Waals surface area (Å²) in [6, 6.07) is 10.6. The summed E-state index contributed by atoms with van der Waals surface area (Å²) < 4.78 is 33.6. The fourth-order valence-corrected chi connectivity index (χ4v) is 3.45. The van der Waals surface area contributed by atoms with E-state index in [2.05, 4.69) is 15.3 Å². The zero-order chi connectivity index (χ0) is 19.0. The van der Waals surface area contributed by atoms with E-state index in [1.54, 1.807) is 7.11 Å². The van der Waals surface area contributed by atoms with Crippen molar-refractivity contribution in [2.75, 3.05) is 12.8 Å². The van der Waals surface area contributed by atoms with Gasteiger partial charge < -0.3 is 10.5 Å². The summed E-state index contributed by atoms with van der Waals surface area (Å²) in [5.74, 6) is -0.663. The van der Waals surface area contributed by atoms with Gasteiger partial charge in [0.25, 0.3) is 0 Å². The van der Waals surface area contributed by atoms with Crippen LogP contribution in [0, 0.1) is 11.6 Å². The van der Waals surface area contributed by atoms with Crippen LogP contribution in [-0.2, 0) is 0 Å². The molecular weight excluding hydrogens is 372 g/mol. The van der Waals surface area contributed by atoms with E-state index in [1.807, 2.05) is 29.6 Å². The summed E-state index contributed by atoms with van der Waals surface area (Å²) in [5.41, 5.74) is 7.96. The van der Waals surface area contributed by atoms with Crippen molar-refractivity contribution in [2.45, 2.75) is 0 Å². The minimum atomic E-state index is -0.785. The van der Waals surface area contributed by atoms with Crippen LogP contribution in [-0.4, -0.2) is 27.1 Å². The largest absolute Gasteiger partial charge is 0.496 e. The molecule has 0 saturated carbocycles. The molecule has 0 aliphatic rings. The summed E-state index contributed by atoms with van der Waals surface area (Å²) in [6.45, 7) is 0. The van der Waals surface area contributed by atoms with Crippen molar-refractivity contribution in [2.24, 2.45) is 0 Å². The third-order valence-corrected chi connectivity index (χ3v) is 4.78. The SMILES string of the molecule is COc1ccccc1-c1csc(-c2nnn(-c3ccc(F)cc3F)c2N)n1. The normalized spacial score (nSPS) is 10.9. The number of hydrogen-bond donors (Lipinski definition) is 1. The highest BCUT2D eigenvalue weighted by Crippen LogP contribution is 2.35. The molecule has 6 nitrogen and oxygen atoms in total. The highest BCUT2D eigenvalue weighted by atomic mass is 32.1. The molecule has 136 valence electrons. The Kier molecular flexibility index (Phi) is 4.28. The van der Waals surface area contributed by atoms with Crippen molar-refractivity contribution in [3.05, 3.63) is 59.5 Å². The first-order valence-corrected chi connectivity index (χ1v) is 8.72. The van der Waals surface area contributed by atoms with E-state index in [1.165, 1.54) is 17.4 Å². The van der Waals surface area contributed by atoms with Crippen LogP contribution in [0.5, 0.6) is 5.75 Å². The Bertz CT molecular complexity index is 1120. The number of nitrogens with zero attached hydrogens (tertiary/aromatic N) is 4. The maximum Gasteiger partial charge on any atom is 0.165 e. The molecule has 0 aliphatic carbocycles. The molecule has 0 aliphatic heterocycles. The summed E-state index contributed by atoms with van der Waals surface area (Å²) in [7, 11) is 1.59. The first kappa shape index (κ1) is 17.1. The quantitative estimate of drug-likeness (QED) is 0.576. The summed E-state index contributed by atoms with van der Waals surface area (Å²) in [4.78, 5) is 4.55. The molecule has 4 rings (SSSR count). The van der Waals surface area contributed by atoms with E-state index in [0.717, 1.165) is 22.4 Å². The number of methoxy groups -OCH3 is 1. The van der Waals surface area contributed by atoms with Crippen LogP contribution < -0.4 is 10.5 Å². The number of hydrogen-bond acceptors (Lipinski definition) is 6. The molecule has 0 atom stereocenters. The van der Waals surface area contributed by atoms with Crippen molar-refractivity contribution in [3.8, 4) is 33.4 Å². The number of anilines is 1. The zero-order valence-corrected chi connectivity index (χ0v) is 14.9. The molecule has 0 saturated heterocycles. The monoisotopic (exact) mass is 385 g/mol. The zero-order valence-electron chi connectivity index (χ0n) is 14.1. The van der Waals surface area contributed by atoms with Crippen molar-refractivity contribution in [1.29, 1.82) is 0 Å². The lowest BCUT2D eigenvalue weighted by Gasteiger charge is -2.05. The number of nitrogens with two attached hydrogens (primary N) is 1. The Labute approximate surface area is 156 Å². The smallest absolute Gasteiger partial charge is 0.165 e. The first-order chi connectivity index (χ1) is 13.1. The predicted octanol–water partition coefficient (Wildman–Crippen LogP) is 3.93. The fraction of sp³-hybridized carbons (Fsp3) is 0.0556. The Hall–Kier alpha value is -3.33. The lowest BCUT2D eigenvalue weighted by atomic mass is 10.1. The standard InChI is InChI=1S/C18H13F2N5OS/c1-26-15-5-3-2-4-11(15)13-9-27-18(22-13)16-17(21)25(24-23-16)14-7-6-10(19)8-12(14)20/h2-9H,21H2,1H3. The van der Waals surface area contributed by atoms with Gasteiger partial charge in [0.05, 0.1) is 12.8 Å². The maximum atomic E-state index is 14.0. The molecule has 2 heterocycles. The Morgan fingerprint density at radius 2 is 1.96 bits per heavy atom. The van der Waals surface area contributed by atoms with Gasteiger partial charge >= 0.3 is 0 Å². The highest BCUT2D eigenvalue weighted by molar-refractivity contribution is 7.13. The molecule has 0 bridgehead atoms. The van der Waals surface area contributed by atoms with Gasteiger partial charge in [-0.15, -0.1) is 16.4 Å². The Morgan fingerprint density at radius 3 is 2.74 bits per heavy atom. The van der Waals surface area contributed by atoms with E-state index < -0.39 is 11.6 Å². The number of aromatic nitrogens is 4. The van der Waals surface area contributed by atoms with Crippen LogP contribution in [0.25, 0.3) is 27.6 Å². The highest BCUT2D eigenvalue weighted by Gasteiger charge is 2.19. The number of ether oxygens (including phenoxy) is 1. The number of rotatable bonds is 4. The maximum absolute atomic E-state index is 14.0. The number of thiazole rings is 1. The fourth-order valence-electron chi connectivity index (χ4n) is 2.63. The van der Waals surface area contributed by atoms with E-state index in [0.29, 0.717) is 22.1 Å². The van der Waals surface area contributed by atoms with Crippen LogP contribution >= 0.6 is 11.3 Å². The van der Waals surface area contributed by atoms with Crippen LogP contribution in [0.4, 0.5) is 14.6 Å². The minimum absolute atomic E-state index is 0.00848. The van der Waals surface area contributed by atoms with E-state index >= 15 is 0 Å². The Balaban J connectivity index is 1.74. The first-order valence-electron chi connectivity index (χ1n) is 7.84. The summed E-state index contributed by atoms with van der Waals surface area (Å²) in [5, 5.41) is 10.3. The molecule has 0 unspecified atom stereocenters. The average Bonchev–Trinajstić information content (AvgIpc) is 3.29. The van der Waals surface area contributed by atoms with Gasteiger partial charge in [0.1, 0.15) is 22.3 Å². The molecule has 4 aromatic rings. The van der Waals surface area contributed by atoms with Crippen molar-refractivity contribution in [1.82, 2.24) is 20.0 Å². The molecule has 27 heavy (non-hydrogen) atoms. The van der Waals surface area contributed by atoms with Crippen molar-refractivity contribution in [3.63, 3.8) is 0 Å². The lowest BCUT2D eigenvalue weighted by Crippen LogP contribution is -2.05. The van der Waals surface area contributed by atoms with Crippen molar-refractivity contribution < 1.29 is 13.5 Å². The van der Waals surface area contributed by atoms with Gasteiger partial charge in [-0.1, -0.05) is 17.3 Å². The molecule has 2 aromatic heterocycles. The number of nitrogen functional groups attached to an aromatic ring is 1. The van der Waals surface area contributed by atoms with Crippen LogP contribution in [0.1, 0.15) is 0 Å². The third kappa shape index (κ3) is 3.02. The lowest BCUT2D eigenvalue weighted by molar-refractivity contribution is 0.416. The van der Waals surface area contributed by atoms with Gasteiger partial charge in [-0.05, 0) is 24.3 Å². The predicted molar refractivity (Wildman–Crippen MR) is 98.8 cm³/mol. The van der Waals surface area contributed by atoms with Gasteiger partial charge in [0, 0.05) is 17.0 Å². The van der Waals surface area contributed by atoms with Crippen LogP contribution in [0.3, 0.4) is 0 Å². The molecule has 2 N–H and O–H groups in total. The number of halogens is 2. The van der Waals surface area contributed by atoms with Crippen molar-refractivity contribution >= 4 is 17.2 Å². The second-order valence-electron chi connectivity index (χ2n) is 5.57. The van der Waals surface area contributed by atoms with Crippen LogP contribution in [0.2, 0.25) is 0 Å². The van der Waals surface area contributed by atoms with Crippen LogP contribution in [0.15, 0.2) is 47.8 Å². The topological polar surface area (TPSA) is 78.9 Å². The van der Waals surface area contributed by atoms with Gasteiger partial charge in [-0.2, -0.15) is 4.68 Å². The number of benzene rings is 2.